The van der Waals surface area contributed by atoms with Gasteiger partial charge >= 0.3 is 19.8 Å². The molecule has 0 aliphatic heterocycles. The van der Waals surface area contributed by atoms with Gasteiger partial charge in [-0.2, -0.15) is 0 Å². The van der Waals surface area contributed by atoms with Gasteiger partial charge in [-0.05, 0) is 103 Å². The largest absolute Gasteiger partial charge is 0.472 e. The van der Waals surface area contributed by atoms with Crippen molar-refractivity contribution in [1.29, 1.82) is 0 Å². The van der Waals surface area contributed by atoms with Crippen LogP contribution in [0.5, 0.6) is 0 Å². The maximum Gasteiger partial charge on any atom is 0.472 e. The molecule has 0 heterocycles. The van der Waals surface area contributed by atoms with Crippen LogP contribution in [0.2, 0.25) is 0 Å². The van der Waals surface area contributed by atoms with Gasteiger partial charge in [-0.15, -0.1) is 0 Å². The predicted octanol–water partition coefficient (Wildman–Crippen LogP) is 17.6. The van der Waals surface area contributed by atoms with Crippen LogP contribution in [0.4, 0.5) is 0 Å². The number of allylic oxidation sites excluding steroid dienone is 20. The molecule has 0 aliphatic rings. The summed E-state index contributed by atoms with van der Waals surface area (Å²) in [7, 11) is 1.45. The topological polar surface area (TPSA) is 108 Å². The van der Waals surface area contributed by atoms with Crippen LogP contribution < -0.4 is 0 Å². The highest BCUT2D eigenvalue weighted by Crippen LogP contribution is 2.43. The Labute approximate surface area is 441 Å². The smallest absolute Gasteiger partial charge is 0.462 e. The molecule has 0 bridgehead atoms. The van der Waals surface area contributed by atoms with E-state index in [9.17, 15) is 19.0 Å². The zero-order chi connectivity index (χ0) is 52.7. The summed E-state index contributed by atoms with van der Waals surface area (Å²) >= 11 is 0. The SMILES string of the molecule is CC/C=C\C/C=C\C/C=C\C/C=C\C/C=C\C/C=C\CCCCCCCCC(=O)OC(COC(=O)CCCCCCCCCCCC/C=C\C/C=C\C/C=C\C/C=C\CC)COP(=O)(O)OCC[N+](C)(C)C. The molecule has 410 valence electrons. The van der Waals surface area contributed by atoms with E-state index in [4.69, 9.17) is 18.5 Å². The van der Waals surface area contributed by atoms with Crippen LogP contribution >= 0.6 is 7.82 Å². The molecule has 72 heavy (non-hydrogen) atoms. The molecule has 10 heteroatoms. The normalized spacial score (nSPS) is 14.2. The first-order chi connectivity index (χ1) is 35.0. The van der Waals surface area contributed by atoms with E-state index >= 15 is 0 Å². The third kappa shape index (κ3) is 55.7. The van der Waals surface area contributed by atoms with E-state index in [1.807, 2.05) is 21.1 Å². The second-order valence-corrected chi connectivity index (χ2v) is 21.0. The van der Waals surface area contributed by atoms with E-state index in [1.165, 1.54) is 38.5 Å². The van der Waals surface area contributed by atoms with E-state index in [0.717, 1.165) is 135 Å². The fraction of sp³-hybridized carbons (Fsp3) is 0.645. The number of hydrogen-bond acceptors (Lipinski definition) is 7. The molecule has 0 aromatic carbocycles. The van der Waals surface area contributed by atoms with Gasteiger partial charge in [0.2, 0.25) is 0 Å². The molecule has 0 aliphatic carbocycles. The standard InChI is InChI=1S/C62H104NO8P/c1-6-8-10-12-14-16-18-20-22-24-26-28-30-31-33-35-37-39-41-43-45-47-49-51-53-55-62(65)71-60(59-70-72(66,67)69-57-56-63(3,4)5)58-68-61(64)54-52-50-48-46-44-42-40-38-36-34-32-29-27-25-23-21-19-17-15-13-11-9-7-2/h8-11,14-17,20-23,26-29,31,33,37,39,60H,6-7,12-13,18-19,24-25,30,32,34-36,38,40-59H2,1-5H3/p+1/b10-8-,11-9-,16-14-,17-15-,22-20-,23-21-,28-26-,29-27-,33-31-,39-37-. The minimum atomic E-state index is -4.40. The average molecular weight is 1020 g/mol. The van der Waals surface area contributed by atoms with Crippen LogP contribution in [0, 0.1) is 0 Å². The van der Waals surface area contributed by atoms with E-state index in [-0.39, 0.29) is 32.0 Å². The molecule has 0 radical (unpaired) electrons. The van der Waals surface area contributed by atoms with Gasteiger partial charge in [-0.25, -0.2) is 4.57 Å². The number of hydrogen-bond donors (Lipinski definition) is 1. The lowest BCUT2D eigenvalue weighted by atomic mass is 10.1. The van der Waals surface area contributed by atoms with Crippen LogP contribution in [0.15, 0.2) is 122 Å². The van der Waals surface area contributed by atoms with Crippen molar-refractivity contribution in [3.8, 4) is 0 Å². The number of phosphoric ester groups is 1. The minimum Gasteiger partial charge on any atom is -0.462 e. The first-order valence-corrected chi connectivity index (χ1v) is 29.8. The molecule has 0 saturated heterocycles. The Hall–Kier alpha value is -3.59. The second-order valence-electron chi connectivity index (χ2n) is 19.6. The number of nitrogens with zero attached hydrogens (tertiary/aromatic N) is 1. The maximum absolute atomic E-state index is 12.8. The summed E-state index contributed by atoms with van der Waals surface area (Å²) in [4.78, 5) is 35.7. The van der Waals surface area contributed by atoms with E-state index in [2.05, 4.69) is 135 Å². The molecule has 0 fully saturated rings. The van der Waals surface area contributed by atoms with Gasteiger partial charge in [0.25, 0.3) is 0 Å². The molecule has 0 spiro atoms. The van der Waals surface area contributed by atoms with Crippen LogP contribution in [0.25, 0.3) is 0 Å². The Morgan fingerprint density at radius 1 is 0.431 bits per heavy atom. The molecule has 0 saturated carbocycles. The summed E-state index contributed by atoms with van der Waals surface area (Å²) in [6.45, 7) is 4.17. The Bertz CT molecular complexity index is 1630. The summed E-state index contributed by atoms with van der Waals surface area (Å²) in [6, 6.07) is 0. The average Bonchev–Trinajstić information content (AvgIpc) is 3.34. The predicted molar refractivity (Wildman–Crippen MR) is 307 cm³/mol. The van der Waals surface area contributed by atoms with E-state index < -0.39 is 26.5 Å². The monoisotopic (exact) mass is 1020 g/mol. The number of esters is 2. The number of carbonyl (C=O) groups is 2. The molecule has 0 aromatic rings. The third-order valence-electron chi connectivity index (χ3n) is 11.5. The van der Waals surface area contributed by atoms with Crippen molar-refractivity contribution in [3.05, 3.63) is 122 Å². The zero-order valence-corrected chi connectivity index (χ0v) is 47.3. The molecule has 9 nitrogen and oxygen atoms in total. The number of carbonyl (C=O) groups excluding carboxylic acids is 2. The highest BCUT2D eigenvalue weighted by molar-refractivity contribution is 7.47. The summed E-state index contributed by atoms with van der Waals surface area (Å²) in [5.74, 6) is -0.827. The fourth-order valence-corrected chi connectivity index (χ4v) is 7.93. The van der Waals surface area contributed by atoms with Gasteiger partial charge in [0.15, 0.2) is 6.10 Å². The van der Waals surface area contributed by atoms with Gasteiger partial charge in [0.05, 0.1) is 27.7 Å². The lowest BCUT2D eigenvalue weighted by Crippen LogP contribution is -2.37. The molecular weight excluding hydrogens is 918 g/mol. The Morgan fingerprint density at radius 3 is 1.11 bits per heavy atom. The minimum absolute atomic E-state index is 0.0208. The van der Waals surface area contributed by atoms with Gasteiger partial charge in [0.1, 0.15) is 19.8 Å². The third-order valence-corrected chi connectivity index (χ3v) is 12.5. The van der Waals surface area contributed by atoms with Crippen molar-refractivity contribution in [2.75, 3.05) is 47.5 Å². The number of quaternary nitrogens is 1. The Kier molecular flexibility index (Phi) is 49.7. The van der Waals surface area contributed by atoms with Crippen molar-refractivity contribution < 1.29 is 42.1 Å². The van der Waals surface area contributed by atoms with Gasteiger partial charge in [0, 0.05) is 12.8 Å². The number of phosphoric acid groups is 1. The lowest BCUT2D eigenvalue weighted by molar-refractivity contribution is -0.870. The summed E-state index contributed by atoms with van der Waals surface area (Å²) in [6.07, 6.45) is 74.0. The number of rotatable bonds is 50. The van der Waals surface area contributed by atoms with Crippen molar-refractivity contribution in [3.63, 3.8) is 0 Å². The van der Waals surface area contributed by atoms with Crippen molar-refractivity contribution >= 4 is 19.8 Å². The molecule has 2 unspecified atom stereocenters. The molecular formula is C62H105NO8P+. The number of ether oxygens (including phenoxy) is 2. The Balaban J connectivity index is 4.27. The van der Waals surface area contributed by atoms with Gasteiger partial charge < -0.3 is 18.9 Å². The van der Waals surface area contributed by atoms with Crippen LogP contribution in [-0.2, 0) is 32.7 Å². The zero-order valence-electron chi connectivity index (χ0n) is 46.4. The quantitative estimate of drug-likeness (QED) is 0.0211. The van der Waals surface area contributed by atoms with Crippen LogP contribution in [0.3, 0.4) is 0 Å². The lowest BCUT2D eigenvalue weighted by Gasteiger charge is -2.24. The number of likely N-dealkylation sites (N-methyl/N-ethyl adjacent to an activating group) is 1. The summed E-state index contributed by atoms with van der Waals surface area (Å²) in [5.41, 5.74) is 0. The second kappa shape index (κ2) is 52.3. The molecule has 0 amide bonds. The summed E-state index contributed by atoms with van der Waals surface area (Å²) in [5, 5.41) is 0. The molecule has 1 N–H and O–H groups in total. The number of unbranched alkanes of at least 4 members (excludes halogenated alkanes) is 16. The molecule has 0 aromatic heterocycles. The van der Waals surface area contributed by atoms with Crippen LogP contribution in [0.1, 0.15) is 206 Å². The first kappa shape index (κ1) is 68.4. The Morgan fingerprint density at radius 2 is 0.750 bits per heavy atom. The van der Waals surface area contributed by atoms with Gasteiger partial charge in [-0.1, -0.05) is 212 Å². The highest BCUT2D eigenvalue weighted by Gasteiger charge is 2.27. The van der Waals surface area contributed by atoms with E-state index in [0.29, 0.717) is 17.4 Å². The maximum atomic E-state index is 12.8. The summed E-state index contributed by atoms with van der Waals surface area (Å²) < 4.78 is 34.5. The molecule has 0 rings (SSSR count). The van der Waals surface area contributed by atoms with E-state index in [1.54, 1.807) is 0 Å². The van der Waals surface area contributed by atoms with Crippen molar-refractivity contribution in [1.82, 2.24) is 0 Å². The van der Waals surface area contributed by atoms with Crippen molar-refractivity contribution in [2.45, 2.75) is 213 Å². The highest BCUT2D eigenvalue weighted by atomic mass is 31.2. The van der Waals surface area contributed by atoms with Gasteiger partial charge in [-0.3, -0.25) is 18.6 Å². The van der Waals surface area contributed by atoms with Crippen LogP contribution in [-0.4, -0.2) is 74.9 Å². The fourth-order valence-electron chi connectivity index (χ4n) is 7.19. The molecule has 2 atom stereocenters. The van der Waals surface area contributed by atoms with Crippen molar-refractivity contribution in [2.24, 2.45) is 0 Å². The first-order valence-electron chi connectivity index (χ1n) is 28.3.